The highest BCUT2D eigenvalue weighted by molar-refractivity contribution is 6.34. The summed E-state index contributed by atoms with van der Waals surface area (Å²) in [6, 6.07) is 9.07. The van der Waals surface area contributed by atoms with E-state index in [1.807, 2.05) is 0 Å². The summed E-state index contributed by atoms with van der Waals surface area (Å²) in [7, 11) is 0. The molecule has 0 saturated carbocycles. The summed E-state index contributed by atoms with van der Waals surface area (Å²) in [5, 5.41) is 23.2. The van der Waals surface area contributed by atoms with E-state index in [0.717, 1.165) is 12.8 Å². The zero-order valence-corrected chi connectivity index (χ0v) is 14.2. The van der Waals surface area contributed by atoms with Crippen molar-refractivity contribution in [2.45, 2.75) is 19.8 Å². The van der Waals surface area contributed by atoms with Crippen molar-refractivity contribution >= 4 is 34.6 Å². The van der Waals surface area contributed by atoms with Crippen LogP contribution in [0.3, 0.4) is 0 Å². The summed E-state index contributed by atoms with van der Waals surface area (Å²) >= 11 is 5.90. The Labute approximate surface area is 149 Å². The van der Waals surface area contributed by atoms with Gasteiger partial charge in [-0.2, -0.15) is 0 Å². The van der Waals surface area contributed by atoms with Crippen LogP contribution in [-0.2, 0) is 0 Å². The van der Waals surface area contributed by atoms with Crippen LogP contribution in [0.5, 0.6) is 5.75 Å². The maximum absolute atomic E-state index is 11.4. The number of nitrogens with zero attached hydrogens (tertiary/aromatic N) is 1. The first kappa shape index (κ1) is 18.5. The lowest BCUT2D eigenvalue weighted by Crippen LogP contribution is -2.07. The summed E-state index contributed by atoms with van der Waals surface area (Å²) in [6.45, 7) is 2.67. The number of nitro groups is 1. The van der Waals surface area contributed by atoms with Gasteiger partial charge in [0, 0.05) is 11.8 Å². The molecule has 2 rings (SSSR count). The molecule has 0 bridgehead atoms. The van der Waals surface area contributed by atoms with Crippen LogP contribution < -0.4 is 10.1 Å². The molecule has 0 aromatic heterocycles. The molecule has 25 heavy (non-hydrogen) atoms. The molecule has 0 heterocycles. The van der Waals surface area contributed by atoms with Crippen molar-refractivity contribution in [1.82, 2.24) is 0 Å². The smallest absolute Gasteiger partial charge is 0.339 e. The maximum atomic E-state index is 11.4. The van der Waals surface area contributed by atoms with Crippen molar-refractivity contribution in [3.63, 3.8) is 0 Å². The van der Waals surface area contributed by atoms with Gasteiger partial charge in [-0.25, -0.2) is 4.79 Å². The predicted molar refractivity (Wildman–Crippen MR) is 95.2 cm³/mol. The number of halogens is 1. The minimum absolute atomic E-state index is 0.0832. The van der Waals surface area contributed by atoms with Crippen molar-refractivity contribution in [3.05, 3.63) is 57.1 Å². The lowest BCUT2D eigenvalue weighted by Gasteiger charge is -2.12. The molecule has 0 amide bonds. The normalized spacial score (nSPS) is 10.3. The number of carbonyl (C=O) groups is 1. The van der Waals surface area contributed by atoms with Crippen LogP contribution >= 0.6 is 11.6 Å². The van der Waals surface area contributed by atoms with E-state index in [4.69, 9.17) is 16.3 Å². The highest BCUT2D eigenvalue weighted by atomic mass is 35.5. The number of carboxylic acids is 1. The minimum Gasteiger partial charge on any atom is -0.494 e. The van der Waals surface area contributed by atoms with Gasteiger partial charge in [-0.15, -0.1) is 0 Å². The number of anilines is 2. The molecule has 0 aliphatic carbocycles. The average Bonchev–Trinajstić information content (AvgIpc) is 2.56. The molecule has 2 N–H and O–H groups in total. The Morgan fingerprint density at radius 2 is 1.96 bits per heavy atom. The first-order valence-electron chi connectivity index (χ1n) is 7.64. The Balaban J connectivity index is 2.31. The van der Waals surface area contributed by atoms with E-state index in [1.54, 1.807) is 24.3 Å². The number of nitrogens with one attached hydrogen (secondary N) is 1. The number of hydrogen-bond acceptors (Lipinski definition) is 5. The molecule has 2 aromatic carbocycles. The van der Waals surface area contributed by atoms with Crippen LogP contribution in [0.25, 0.3) is 0 Å². The molecule has 0 aliphatic heterocycles. The molecule has 0 fully saturated rings. The lowest BCUT2D eigenvalue weighted by atomic mass is 10.1. The quantitative estimate of drug-likeness (QED) is 0.393. The van der Waals surface area contributed by atoms with Crippen LogP contribution in [0.1, 0.15) is 30.1 Å². The fraction of sp³-hybridized carbons (Fsp3) is 0.235. The second kappa shape index (κ2) is 8.34. The van der Waals surface area contributed by atoms with E-state index < -0.39 is 10.9 Å². The predicted octanol–water partition coefficient (Wildman–Crippen LogP) is 4.87. The molecule has 0 unspecified atom stereocenters. The number of carboxylic acid groups (broad SMARTS) is 1. The van der Waals surface area contributed by atoms with Gasteiger partial charge in [-0.05, 0) is 36.8 Å². The van der Waals surface area contributed by atoms with Crippen molar-refractivity contribution in [3.8, 4) is 5.75 Å². The molecular weight excluding hydrogens is 348 g/mol. The van der Waals surface area contributed by atoms with Gasteiger partial charge >= 0.3 is 5.97 Å². The third kappa shape index (κ3) is 4.60. The fourth-order valence-electron chi connectivity index (χ4n) is 2.17. The van der Waals surface area contributed by atoms with Crippen LogP contribution in [0.15, 0.2) is 36.4 Å². The Bertz CT molecular complexity index is 777. The highest BCUT2D eigenvalue weighted by Gasteiger charge is 2.24. The van der Waals surface area contributed by atoms with Gasteiger partial charge in [-0.1, -0.05) is 24.9 Å². The number of hydrogen-bond donors (Lipinski definition) is 2. The first-order valence-corrected chi connectivity index (χ1v) is 8.02. The van der Waals surface area contributed by atoms with Crippen molar-refractivity contribution in [2.24, 2.45) is 0 Å². The third-order valence-electron chi connectivity index (χ3n) is 3.43. The zero-order chi connectivity index (χ0) is 18.4. The molecule has 0 aliphatic rings. The molecule has 7 nitrogen and oxygen atoms in total. The van der Waals surface area contributed by atoms with Gasteiger partial charge in [0.2, 0.25) is 0 Å². The van der Waals surface area contributed by atoms with Crippen LogP contribution in [0, 0.1) is 10.1 Å². The van der Waals surface area contributed by atoms with E-state index >= 15 is 0 Å². The second-order valence-corrected chi connectivity index (χ2v) is 5.64. The minimum atomic E-state index is -1.35. The van der Waals surface area contributed by atoms with E-state index in [9.17, 15) is 20.0 Å². The number of aromatic carboxylic acids is 1. The molecule has 0 radical (unpaired) electrons. The summed E-state index contributed by atoms with van der Waals surface area (Å²) in [5.74, 6) is -0.686. The van der Waals surface area contributed by atoms with Crippen molar-refractivity contribution in [1.29, 1.82) is 0 Å². The van der Waals surface area contributed by atoms with Crippen molar-refractivity contribution in [2.75, 3.05) is 11.9 Å². The third-order valence-corrected chi connectivity index (χ3v) is 3.75. The van der Waals surface area contributed by atoms with Crippen LogP contribution in [-0.4, -0.2) is 22.6 Å². The average molecular weight is 365 g/mol. The number of ether oxygens (including phenoxy) is 1. The number of nitro benzene ring substituents is 1. The Morgan fingerprint density at radius 1 is 1.28 bits per heavy atom. The van der Waals surface area contributed by atoms with E-state index in [0.29, 0.717) is 18.0 Å². The number of benzene rings is 2. The van der Waals surface area contributed by atoms with Gasteiger partial charge in [0.05, 0.1) is 16.6 Å². The largest absolute Gasteiger partial charge is 0.494 e. The summed E-state index contributed by atoms with van der Waals surface area (Å²) in [4.78, 5) is 22.0. The van der Waals surface area contributed by atoms with Gasteiger partial charge < -0.3 is 15.2 Å². The van der Waals surface area contributed by atoms with Gasteiger partial charge in [-0.3, -0.25) is 10.1 Å². The molecule has 0 saturated heterocycles. The molecule has 132 valence electrons. The van der Waals surface area contributed by atoms with Gasteiger partial charge in [0.1, 0.15) is 17.0 Å². The lowest BCUT2D eigenvalue weighted by molar-refractivity contribution is -0.383. The monoisotopic (exact) mass is 364 g/mol. The standard InChI is InChI=1S/C17H17ClN2O5/c1-2-3-10-25-12-6-4-11(5-7-12)19-16-14(20(23)24)9-8-13(18)15(16)17(21)22/h4-9,19H,2-3,10H2,1H3,(H,21,22). The van der Waals surface area contributed by atoms with Crippen molar-refractivity contribution < 1.29 is 19.6 Å². The van der Waals surface area contributed by atoms with Gasteiger partial charge in [0.25, 0.3) is 5.69 Å². The Morgan fingerprint density at radius 3 is 2.52 bits per heavy atom. The molecule has 0 atom stereocenters. The first-order chi connectivity index (χ1) is 11.9. The Hall–Kier alpha value is -2.80. The summed E-state index contributed by atoms with van der Waals surface area (Å²) in [5.41, 5.74) is -0.399. The molecule has 2 aromatic rings. The van der Waals surface area contributed by atoms with E-state index in [1.165, 1.54) is 12.1 Å². The fourth-order valence-corrected chi connectivity index (χ4v) is 2.41. The maximum Gasteiger partial charge on any atom is 0.339 e. The SMILES string of the molecule is CCCCOc1ccc(Nc2c([N+](=O)[O-])ccc(Cl)c2C(=O)O)cc1. The zero-order valence-electron chi connectivity index (χ0n) is 13.5. The second-order valence-electron chi connectivity index (χ2n) is 5.23. The molecular formula is C17H17ClN2O5. The highest BCUT2D eigenvalue weighted by Crippen LogP contribution is 2.36. The van der Waals surface area contributed by atoms with E-state index in [-0.39, 0.29) is 22.0 Å². The van der Waals surface area contributed by atoms with Gasteiger partial charge in [0.15, 0.2) is 0 Å². The van der Waals surface area contributed by atoms with Crippen LogP contribution in [0.2, 0.25) is 5.02 Å². The number of unbranched alkanes of at least 4 members (excludes halogenated alkanes) is 1. The summed E-state index contributed by atoms with van der Waals surface area (Å²) < 4.78 is 5.54. The summed E-state index contributed by atoms with van der Waals surface area (Å²) in [6.07, 6.45) is 1.97. The Kier molecular flexibility index (Phi) is 6.19. The number of rotatable bonds is 8. The topological polar surface area (TPSA) is 102 Å². The molecule has 0 spiro atoms. The molecule has 8 heteroatoms. The van der Waals surface area contributed by atoms with E-state index in [2.05, 4.69) is 12.2 Å². The van der Waals surface area contributed by atoms with Crippen LogP contribution in [0.4, 0.5) is 17.1 Å².